The van der Waals surface area contributed by atoms with Gasteiger partial charge in [-0.05, 0) is 43.0 Å². The highest BCUT2D eigenvalue weighted by Gasteiger charge is 2.36. The lowest BCUT2D eigenvalue weighted by molar-refractivity contribution is -0.274. The zero-order valence-corrected chi connectivity index (χ0v) is 21.5. The van der Waals surface area contributed by atoms with Gasteiger partial charge in [0.15, 0.2) is 0 Å². The van der Waals surface area contributed by atoms with Gasteiger partial charge in [0.1, 0.15) is 29.1 Å². The number of fused-ring (bicyclic) bond motifs is 1. The van der Waals surface area contributed by atoms with E-state index in [0.717, 1.165) is 0 Å². The van der Waals surface area contributed by atoms with E-state index in [4.69, 9.17) is 14.6 Å². The van der Waals surface area contributed by atoms with E-state index in [-0.39, 0.29) is 32.4 Å². The first-order valence-corrected chi connectivity index (χ1v) is 12.6. The van der Waals surface area contributed by atoms with Crippen LogP contribution in [0.5, 0.6) is 17.2 Å². The molecule has 1 amide bonds. The maximum Gasteiger partial charge on any atom is 0.573 e. The smallest absolute Gasteiger partial charge is 0.497 e. The summed E-state index contributed by atoms with van der Waals surface area (Å²) < 4.78 is 67.3. The summed E-state index contributed by atoms with van der Waals surface area (Å²) in [7, 11) is 1.45. The molecular formula is C28H28F4N2O6. The minimum absolute atomic E-state index is 0.0588. The number of hydrogen-bond acceptors (Lipinski definition) is 6. The molecular weight excluding hydrogens is 536 g/mol. The van der Waals surface area contributed by atoms with Crippen LogP contribution in [0.1, 0.15) is 24.8 Å². The SMILES string of the molecule is COc1cc(NC(C(=O)N2CCc3ccc(OC(F)(F)F)cc32)C2C=CC(F)=CC2)cc(OCCCC(=O)O)c1. The highest BCUT2D eigenvalue weighted by molar-refractivity contribution is 6.01. The number of allylic oxidation sites excluding steroid dienone is 3. The second-order valence-corrected chi connectivity index (χ2v) is 9.29. The van der Waals surface area contributed by atoms with Crippen LogP contribution in [0, 0.1) is 5.92 Å². The molecule has 1 aliphatic heterocycles. The zero-order valence-electron chi connectivity index (χ0n) is 21.5. The number of halogens is 4. The number of carbonyl (C=O) groups excluding carboxylic acids is 1. The number of aliphatic carboxylic acids is 1. The van der Waals surface area contributed by atoms with Gasteiger partial charge in [0, 0.05) is 48.8 Å². The molecule has 2 aliphatic rings. The van der Waals surface area contributed by atoms with Crippen LogP contribution < -0.4 is 24.4 Å². The lowest BCUT2D eigenvalue weighted by atomic mass is 9.91. The van der Waals surface area contributed by atoms with Crippen LogP contribution in [0.4, 0.5) is 28.9 Å². The molecule has 40 heavy (non-hydrogen) atoms. The molecule has 1 heterocycles. The Kier molecular flexibility index (Phi) is 8.86. The van der Waals surface area contributed by atoms with Gasteiger partial charge in [-0.1, -0.05) is 12.1 Å². The lowest BCUT2D eigenvalue weighted by Crippen LogP contribution is -2.46. The van der Waals surface area contributed by atoms with Crippen molar-refractivity contribution in [1.29, 1.82) is 0 Å². The largest absolute Gasteiger partial charge is 0.573 e. The van der Waals surface area contributed by atoms with Crippen molar-refractivity contribution in [3.8, 4) is 17.2 Å². The third kappa shape index (κ3) is 7.45. The van der Waals surface area contributed by atoms with Gasteiger partial charge in [-0.15, -0.1) is 13.2 Å². The Morgan fingerprint density at radius 3 is 2.60 bits per heavy atom. The standard InChI is InChI=1S/C28H28F4N2O6/c1-38-22-13-20(14-23(15-22)39-12-2-3-25(35)36)33-26(18-4-7-19(29)8-5-18)27(37)34-11-10-17-6-9-21(16-24(17)34)40-28(30,31)32/h4,6-9,13-16,18,26,33H,2-3,5,10-12H2,1H3,(H,35,36). The Morgan fingerprint density at radius 1 is 1.15 bits per heavy atom. The van der Waals surface area contributed by atoms with Gasteiger partial charge in [0.05, 0.1) is 19.4 Å². The van der Waals surface area contributed by atoms with E-state index in [2.05, 4.69) is 10.1 Å². The Morgan fingerprint density at radius 2 is 1.93 bits per heavy atom. The summed E-state index contributed by atoms with van der Waals surface area (Å²) in [6.07, 6.45) is 0.221. The average molecular weight is 565 g/mol. The number of alkyl halides is 3. The first-order chi connectivity index (χ1) is 19.0. The van der Waals surface area contributed by atoms with Crippen molar-refractivity contribution in [3.63, 3.8) is 0 Å². The first kappa shape index (κ1) is 28.8. The molecule has 2 aromatic carbocycles. The van der Waals surface area contributed by atoms with Crippen molar-refractivity contribution in [2.45, 2.75) is 38.1 Å². The van der Waals surface area contributed by atoms with Gasteiger partial charge in [0.25, 0.3) is 0 Å². The van der Waals surface area contributed by atoms with Crippen LogP contribution >= 0.6 is 0 Å². The number of anilines is 2. The van der Waals surface area contributed by atoms with Crippen LogP contribution in [0.25, 0.3) is 0 Å². The summed E-state index contributed by atoms with van der Waals surface area (Å²) in [5.41, 5.74) is 1.46. The number of benzene rings is 2. The van der Waals surface area contributed by atoms with Crippen molar-refractivity contribution in [3.05, 3.63) is 66.0 Å². The van der Waals surface area contributed by atoms with E-state index < -0.39 is 41.8 Å². The maximum absolute atomic E-state index is 13.9. The number of carboxylic acid groups (broad SMARTS) is 1. The third-order valence-electron chi connectivity index (χ3n) is 6.48. The van der Waals surface area contributed by atoms with Gasteiger partial charge in [-0.3, -0.25) is 9.59 Å². The quantitative estimate of drug-likeness (QED) is 0.270. The van der Waals surface area contributed by atoms with E-state index in [0.29, 0.717) is 34.9 Å². The molecule has 4 rings (SSSR count). The lowest BCUT2D eigenvalue weighted by Gasteiger charge is -2.31. The van der Waals surface area contributed by atoms with E-state index >= 15 is 0 Å². The topological polar surface area (TPSA) is 97.3 Å². The van der Waals surface area contributed by atoms with Gasteiger partial charge in [-0.2, -0.15) is 0 Å². The van der Waals surface area contributed by atoms with Crippen molar-refractivity contribution >= 4 is 23.3 Å². The zero-order chi connectivity index (χ0) is 28.9. The number of nitrogens with zero attached hydrogens (tertiary/aromatic N) is 1. The summed E-state index contributed by atoms with van der Waals surface area (Å²) >= 11 is 0. The van der Waals surface area contributed by atoms with Crippen LogP contribution in [0.2, 0.25) is 0 Å². The summed E-state index contributed by atoms with van der Waals surface area (Å²) in [6.45, 7) is 0.391. The van der Waals surface area contributed by atoms with E-state index in [1.807, 2.05) is 0 Å². The number of carboxylic acids is 1. The fourth-order valence-corrected chi connectivity index (χ4v) is 4.61. The summed E-state index contributed by atoms with van der Waals surface area (Å²) in [5, 5.41) is 12.0. The predicted octanol–water partition coefficient (Wildman–Crippen LogP) is 5.64. The van der Waals surface area contributed by atoms with E-state index in [1.165, 1.54) is 42.4 Å². The van der Waals surface area contributed by atoms with Crippen LogP contribution in [-0.2, 0) is 16.0 Å². The monoisotopic (exact) mass is 564 g/mol. The number of amides is 1. The minimum atomic E-state index is -4.88. The van der Waals surface area contributed by atoms with E-state index in [1.54, 1.807) is 24.3 Å². The number of nitrogens with one attached hydrogen (secondary N) is 1. The molecule has 0 saturated carbocycles. The van der Waals surface area contributed by atoms with Crippen LogP contribution in [-0.4, -0.2) is 49.6 Å². The van der Waals surface area contributed by atoms with Crippen molar-refractivity contribution in [2.75, 3.05) is 30.5 Å². The Hall–Kier alpha value is -4.22. The maximum atomic E-state index is 13.9. The number of rotatable bonds is 11. The second-order valence-electron chi connectivity index (χ2n) is 9.29. The molecule has 2 aromatic rings. The van der Waals surface area contributed by atoms with E-state index in [9.17, 15) is 27.2 Å². The highest BCUT2D eigenvalue weighted by Crippen LogP contribution is 2.36. The van der Waals surface area contributed by atoms with Gasteiger partial charge >= 0.3 is 12.3 Å². The first-order valence-electron chi connectivity index (χ1n) is 12.6. The molecule has 0 spiro atoms. The highest BCUT2D eigenvalue weighted by atomic mass is 19.4. The van der Waals surface area contributed by atoms with Gasteiger partial charge < -0.3 is 29.5 Å². The molecule has 0 bridgehead atoms. The summed E-state index contributed by atoms with van der Waals surface area (Å²) in [5.74, 6) is -1.91. The van der Waals surface area contributed by atoms with Crippen LogP contribution in [0.15, 0.2) is 60.5 Å². The Labute approximate surface area is 227 Å². The Balaban J connectivity index is 1.60. The van der Waals surface area contributed by atoms with Gasteiger partial charge in [0.2, 0.25) is 5.91 Å². The van der Waals surface area contributed by atoms with Crippen molar-refractivity contribution in [1.82, 2.24) is 0 Å². The number of ether oxygens (including phenoxy) is 3. The summed E-state index contributed by atoms with van der Waals surface area (Å²) in [4.78, 5) is 26.1. The molecule has 0 saturated heterocycles. The van der Waals surface area contributed by atoms with Gasteiger partial charge in [-0.25, -0.2) is 4.39 Å². The molecule has 2 atom stereocenters. The normalized spacial score (nSPS) is 17.1. The van der Waals surface area contributed by atoms with Crippen molar-refractivity contribution < 1.29 is 46.5 Å². The summed E-state index contributed by atoms with van der Waals surface area (Å²) in [6, 6.07) is 7.85. The fraction of sp³-hybridized carbons (Fsp3) is 0.357. The fourth-order valence-electron chi connectivity index (χ4n) is 4.61. The second kappa shape index (κ2) is 12.3. The number of methoxy groups -OCH3 is 1. The predicted molar refractivity (Wildman–Crippen MR) is 138 cm³/mol. The molecule has 1 aliphatic carbocycles. The molecule has 2 N–H and O–H groups in total. The third-order valence-corrected chi connectivity index (χ3v) is 6.48. The molecule has 0 aromatic heterocycles. The minimum Gasteiger partial charge on any atom is -0.497 e. The average Bonchev–Trinajstić information content (AvgIpc) is 3.32. The van der Waals surface area contributed by atoms with Crippen molar-refractivity contribution in [2.24, 2.45) is 5.92 Å². The van der Waals surface area contributed by atoms with Crippen LogP contribution in [0.3, 0.4) is 0 Å². The Bertz CT molecular complexity index is 1310. The number of carbonyl (C=O) groups is 2. The molecule has 0 fully saturated rings. The molecule has 2 unspecified atom stereocenters. The molecule has 8 nitrogen and oxygen atoms in total. The molecule has 12 heteroatoms. The molecule has 214 valence electrons. The molecule has 0 radical (unpaired) electrons. The number of hydrogen-bond donors (Lipinski definition) is 2.